The van der Waals surface area contributed by atoms with Gasteiger partial charge in [-0.25, -0.2) is 0 Å². The van der Waals surface area contributed by atoms with Gasteiger partial charge in [-0.1, -0.05) is 46.0 Å². The molecule has 0 aromatic carbocycles. The van der Waals surface area contributed by atoms with Crippen LogP contribution in [0.25, 0.3) is 0 Å². The fourth-order valence-corrected chi connectivity index (χ4v) is 6.30. The van der Waals surface area contributed by atoms with Crippen LogP contribution in [-0.2, 0) is 0 Å². The Morgan fingerprint density at radius 1 is 0.609 bits per heavy atom. The van der Waals surface area contributed by atoms with Crippen LogP contribution in [0.1, 0.15) is 84.5 Å². The summed E-state index contributed by atoms with van der Waals surface area (Å²) in [5.41, 5.74) is 12.6. The zero-order valence-electron chi connectivity index (χ0n) is 15.6. The maximum atomic E-state index is 6.32. The SMILES string of the molecule is CC1CC(C(C2CCCCC2)C2CCC(N)C(C)C2)CCC1N. The lowest BCUT2D eigenvalue weighted by molar-refractivity contribution is 0.0384. The Hall–Kier alpha value is -0.0800. The number of nitrogens with two attached hydrogens (primary N) is 2. The first-order valence-corrected chi connectivity index (χ1v) is 10.6. The molecule has 0 bridgehead atoms. The van der Waals surface area contributed by atoms with Crippen molar-refractivity contribution in [1.29, 1.82) is 0 Å². The zero-order chi connectivity index (χ0) is 16.4. The van der Waals surface area contributed by atoms with Gasteiger partial charge in [0, 0.05) is 12.1 Å². The summed E-state index contributed by atoms with van der Waals surface area (Å²) in [6.07, 6.45) is 15.5. The van der Waals surface area contributed by atoms with Crippen LogP contribution in [0.5, 0.6) is 0 Å². The van der Waals surface area contributed by atoms with Crippen molar-refractivity contribution >= 4 is 0 Å². The molecule has 4 N–H and O–H groups in total. The molecule has 23 heavy (non-hydrogen) atoms. The van der Waals surface area contributed by atoms with Crippen LogP contribution in [-0.4, -0.2) is 12.1 Å². The molecule has 0 radical (unpaired) electrons. The van der Waals surface area contributed by atoms with E-state index in [0.717, 1.165) is 35.5 Å². The van der Waals surface area contributed by atoms with Gasteiger partial charge in [-0.05, 0) is 74.0 Å². The van der Waals surface area contributed by atoms with Crippen LogP contribution in [0.4, 0.5) is 0 Å². The minimum absolute atomic E-state index is 0.456. The Bertz CT molecular complexity index is 337. The van der Waals surface area contributed by atoms with E-state index < -0.39 is 0 Å². The average molecular weight is 321 g/mol. The van der Waals surface area contributed by atoms with Crippen molar-refractivity contribution in [1.82, 2.24) is 0 Å². The highest BCUT2D eigenvalue weighted by Gasteiger charge is 2.41. The standard InChI is InChI=1S/C21H40N2/c1-14-12-17(8-10-19(14)22)21(16-6-4-3-5-7-16)18-9-11-20(23)15(2)13-18/h14-21H,3-13,22-23H2,1-2H3. The summed E-state index contributed by atoms with van der Waals surface area (Å²) in [7, 11) is 0. The van der Waals surface area contributed by atoms with E-state index in [-0.39, 0.29) is 0 Å². The normalized spacial score (nSPS) is 44.9. The lowest BCUT2D eigenvalue weighted by atomic mass is 9.59. The molecule has 3 aliphatic rings. The Morgan fingerprint density at radius 2 is 1.09 bits per heavy atom. The zero-order valence-corrected chi connectivity index (χ0v) is 15.6. The Morgan fingerprint density at radius 3 is 1.52 bits per heavy atom. The number of hydrogen-bond acceptors (Lipinski definition) is 2. The smallest absolute Gasteiger partial charge is 0.00647 e. The van der Waals surface area contributed by atoms with Gasteiger partial charge >= 0.3 is 0 Å². The maximum Gasteiger partial charge on any atom is 0.00647 e. The third-order valence-corrected chi connectivity index (χ3v) is 7.84. The molecule has 6 unspecified atom stereocenters. The molecule has 0 heterocycles. The number of rotatable bonds is 3. The Kier molecular flexibility index (Phi) is 6.07. The first kappa shape index (κ1) is 17.7. The van der Waals surface area contributed by atoms with Gasteiger partial charge in [0.15, 0.2) is 0 Å². The van der Waals surface area contributed by atoms with Gasteiger partial charge < -0.3 is 11.5 Å². The first-order valence-electron chi connectivity index (χ1n) is 10.6. The molecule has 3 rings (SSSR count). The lowest BCUT2D eigenvalue weighted by Gasteiger charge is -2.47. The van der Waals surface area contributed by atoms with Gasteiger partial charge in [0.05, 0.1) is 0 Å². The van der Waals surface area contributed by atoms with Gasteiger partial charge in [0.25, 0.3) is 0 Å². The minimum Gasteiger partial charge on any atom is -0.327 e. The van der Waals surface area contributed by atoms with Crippen molar-refractivity contribution in [3.8, 4) is 0 Å². The summed E-state index contributed by atoms with van der Waals surface area (Å²) >= 11 is 0. The van der Waals surface area contributed by atoms with Gasteiger partial charge in [-0.15, -0.1) is 0 Å². The van der Waals surface area contributed by atoms with Crippen molar-refractivity contribution in [2.45, 2.75) is 96.6 Å². The second-order valence-corrected chi connectivity index (χ2v) is 9.40. The van der Waals surface area contributed by atoms with E-state index >= 15 is 0 Å². The van der Waals surface area contributed by atoms with Crippen LogP contribution in [0.15, 0.2) is 0 Å². The second kappa shape index (κ2) is 7.87. The highest BCUT2D eigenvalue weighted by molar-refractivity contribution is 4.93. The maximum absolute atomic E-state index is 6.32. The third-order valence-electron chi connectivity index (χ3n) is 7.84. The summed E-state index contributed by atoms with van der Waals surface area (Å²) < 4.78 is 0. The van der Waals surface area contributed by atoms with Gasteiger partial charge in [0.1, 0.15) is 0 Å². The molecule has 3 fully saturated rings. The van der Waals surface area contributed by atoms with Crippen molar-refractivity contribution in [2.24, 2.45) is 47.0 Å². The molecule has 0 amide bonds. The summed E-state index contributed by atoms with van der Waals surface area (Å²) in [6, 6.07) is 0.911. The first-order chi connectivity index (χ1) is 11.1. The second-order valence-electron chi connectivity index (χ2n) is 9.40. The van der Waals surface area contributed by atoms with E-state index in [4.69, 9.17) is 11.5 Å². The van der Waals surface area contributed by atoms with Crippen LogP contribution < -0.4 is 11.5 Å². The number of hydrogen-bond donors (Lipinski definition) is 2. The molecule has 6 atom stereocenters. The molecule has 0 spiro atoms. The molecular formula is C21H40N2. The molecular weight excluding hydrogens is 280 g/mol. The van der Waals surface area contributed by atoms with Gasteiger partial charge in [0.2, 0.25) is 0 Å². The van der Waals surface area contributed by atoms with E-state index in [1.165, 1.54) is 70.6 Å². The van der Waals surface area contributed by atoms with Crippen LogP contribution in [0.2, 0.25) is 0 Å². The predicted molar refractivity (Wildman–Crippen MR) is 99.0 cm³/mol. The van der Waals surface area contributed by atoms with E-state index in [2.05, 4.69) is 13.8 Å². The minimum atomic E-state index is 0.456. The Labute approximate surface area is 144 Å². The predicted octanol–water partition coefficient (Wildman–Crippen LogP) is 4.71. The van der Waals surface area contributed by atoms with Gasteiger partial charge in [-0.2, -0.15) is 0 Å². The van der Waals surface area contributed by atoms with Crippen molar-refractivity contribution in [2.75, 3.05) is 0 Å². The molecule has 3 aliphatic carbocycles. The van der Waals surface area contributed by atoms with Crippen molar-refractivity contribution in [3.05, 3.63) is 0 Å². The van der Waals surface area contributed by atoms with E-state index in [0.29, 0.717) is 12.1 Å². The van der Waals surface area contributed by atoms with Crippen LogP contribution in [0.3, 0.4) is 0 Å². The summed E-state index contributed by atoms with van der Waals surface area (Å²) in [4.78, 5) is 0. The fraction of sp³-hybridized carbons (Fsp3) is 1.00. The topological polar surface area (TPSA) is 52.0 Å². The summed E-state index contributed by atoms with van der Waals surface area (Å²) in [5, 5.41) is 0. The molecule has 3 saturated carbocycles. The molecule has 0 aliphatic heterocycles. The molecule has 0 saturated heterocycles. The largest absolute Gasteiger partial charge is 0.327 e. The molecule has 0 aromatic heterocycles. The van der Waals surface area contributed by atoms with E-state index in [9.17, 15) is 0 Å². The van der Waals surface area contributed by atoms with Crippen LogP contribution >= 0.6 is 0 Å². The molecule has 2 heteroatoms. The van der Waals surface area contributed by atoms with Gasteiger partial charge in [-0.3, -0.25) is 0 Å². The third kappa shape index (κ3) is 4.12. The lowest BCUT2D eigenvalue weighted by Crippen LogP contribution is -2.44. The van der Waals surface area contributed by atoms with E-state index in [1.807, 2.05) is 0 Å². The fourth-order valence-electron chi connectivity index (χ4n) is 6.30. The molecule has 2 nitrogen and oxygen atoms in total. The van der Waals surface area contributed by atoms with Crippen molar-refractivity contribution < 1.29 is 0 Å². The monoisotopic (exact) mass is 320 g/mol. The van der Waals surface area contributed by atoms with E-state index in [1.54, 1.807) is 0 Å². The highest BCUT2D eigenvalue weighted by atomic mass is 14.7. The quantitative estimate of drug-likeness (QED) is 0.791. The average Bonchev–Trinajstić information content (AvgIpc) is 2.55. The summed E-state index contributed by atoms with van der Waals surface area (Å²) in [5.74, 6) is 5.31. The molecule has 0 aromatic rings. The Balaban J connectivity index is 1.73. The van der Waals surface area contributed by atoms with Crippen LogP contribution in [0, 0.1) is 35.5 Å². The summed E-state index contributed by atoms with van der Waals surface area (Å²) in [6.45, 7) is 4.79. The highest BCUT2D eigenvalue weighted by Crippen LogP contribution is 2.48. The van der Waals surface area contributed by atoms with Crippen molar-refractivity contribution in [3.63, 3.8) is 0 Å². The molecule has 134 valence electrons.